The average Bonchev–Trinajstić information content (AvgIpc) is 3.51. The molecule has 0 saturated heterocycles. The molecule has 0 fully saturated rings. The molecule has 0 N–H and O–H groups in total. The van der Waals surface area contributed by atoms with E-state index in [1.54, 1.807) is 50.3 Å². The van der Waals surface area contributed by atoms with Gasteiger partial charge in [-0.1, -0.05) is 22.9 Å². The van der Waals surface area contributed by atoms with Gasteiger partial charge in [0.1, 0.15) is 22.9 Å². The molecule has 43 heavy (non-hydrogen) atoms. The summed E-state index contributed by atoms with van der Waals surface area (Å²) in [5, 5.41) is 11.2. The van der Waals surface area contributed by atoms with Gasteiger partial charge in [-0.3, -0.25) is 9.36 Å². The Balaban J connectivity index is 1.74. The Labute approximate surface area is 262 Å². The van der Waals surface area contributed by atoms with Crippen LogP contribution >= 0.6 is 34.3 Å². The molecule has 0 saturated carbocycles. The molecule has 4 heterocycles. The van der Waals surface area contributed by atoms with E-state index in [2.05, 4.69) is 15.6 Å². The molecule has 1 aromatic carbocycles. The summed E-state index contributed by atoms with van der Waals surface area (Å²) >= 11 is 9.24. The predicted molar refractivity (Wildman–Crippen MR) is 170 cm³/mol. The largest absolute Gasteiger partial charge is 0.496 e. The summed E-state index contributed by atoms with van der Waals surface area (Å²) in [6.07, 6.45) is 1.48. The van der Waals surface area contributed by atoms with Gasteiger partial charge in [-0.15, -0.1) is 11.3 Å². The standard InChI is InChI=1S/C32H31ClN4O4S2/c1-15(2)41-31(39)27-18(5)35-32-37(28(27)23-13-22(33)9-10-25(23)40-8)29(38)26(43-32)12-21-11-16(3)36(19(21)6)30-24(14-34)17(4)20(7)42-30/h9-13,15,28H,1-8H3/b26-12-/t28-/m1/s1. The highest BCUT2D eigenvalue weighted by molar-refractivity contribution is 7.15. The van der Waals surface area contributed by atoms with E-state index in [9.17, 15) is 14.9 Å². The van der Waals surface area contributed by atoms with E-state index < -0.39 is 12.0 Å². The van der Waals surface area contributed by atoms with Gasteiger partial charge in [0, 0.05) is 26.9 Å². The normalized spacial score (nSPS) is 15.0. The molecule has 0 aliphatic carbocycles. The molecule has 0 bridgehead atoms. The highest BCUT2D eigenvalue weighted by Gasteiger charge is 2.35. The number of hydrogen-bond acceptors (Lipinski definition) is 8. The third-order valence-corrected chi connectivity index (χ3v) is 9.92. The maximum absolute atomic E-state index is 14.2. The topological polar surface area (TPSA) is 98.6 Å². The summed E-state index contributed by atoms with van der Waals surface area (Å²) in [6.45, 7) is 13.2. The molecule has 0 amide bonds. The molecule has 5 rings (SSSR count). The molecule has 222 valence electrons. The van der Waals surface area contributed by atoms with Crippen LogP contribution in [0.25, 0.3) is 11.1 Å². The number of ether oxygens (including phenoxy) is 2. The summed E-state index contributed by atoms with van der Waals surface area (Å²) in [5.41, 5.74) is 5.29. The van der Waals surface area contributed by atoms with E-state index in [1.807, 2.05) is 39.8 Å². The Bertz CT molecular complexity index is 2050. The number of nitriles is 1. The van der Waals surface area contributed by atoms with Crippen molar-refractivity contribution in [3.8, 4) is 16.8 Å². The molecule has 1 atom stereocenters. The molecule has 1 aliphatic rings. The zero-order chi connectivity index (χ0) is 31.3. The number of rotatable bonds is 6. The van der Waals surface area contributed by atoms with Crippen LogP contribution in [0.3, 0.4) is 0 Å². The molecule has 3 aromatic heterocycles. The first-order valence-electron chi connectivity index (χ1n) is 13.6. The maximum atomic E-state index is 14.2. The van der Waals surface area contributed by atoms with Crippen molar-refractivity contribution in [3.63, 3.8) is 0 Å². The van der Waals surface area contributed by atoms with Crippen LogP contribution in [0.15, 0.2) is 45.3 Å². The van der Waals surface area contributed by atoms with Gasteiger partial charge in [-0.05, 0) is 89.9 Å². The molecule has 11 heteroatoms. The van der Waals surface area contributed by atoms with Gasteiger partial charge in [-0.25, -0.2) is 9.79 Å². The van der Waals surface area contributed by atoms with Gasteiger partial charge in [0.15, 0.2) is 4.80 Å². The zero-order valence-corrected chi connectivity index (χ0v) is 27.5. The highest BCUT2D eigenvalue weighted by atomic mass is 35.5. The molecule has 0 radical (unpaired) electrons. The third kappa shape index (κ3) is 5.26. The number of carbonyl (C=O) groups excluding carboxylic acids is 1. The lowest BCUT2D eigenvalue weighted by Crippen LogP contribution is -2.40. The van der Waals surface area contributed by atoms with Crippen LogP contribution in [0.4, 0.5) is 0 Å². The van der Waals surface area contributed by atoms with Crippen molar-refractivity contribution in [2.45, 2.75) is 60.6 Å². The second-order valence-corrected chi connectivity index (χ2v) is 13.3. The van der Waals surface area contributed by atoms with Crippen LogP contribution in [0.2, 0.25) is 5.02 Å². The molecule has 8 nitrogen and oxygen atoms in total. The number of nitrogens with zero attached hydrogens (tertiary/aromatic N) is 4. The van der Waals surface area contributed by atoms with E-state index in [1.165, 1.54) is 23.0 Å². The van der Waals surface area contributed by atoms with E-state index in [0.29, 0.717) is 36.9 Å². The highest BCUT2D eigenvalue weighted by Crippen LogP contribution is 2.38. The number of methoxy groups -OCH3 is 1. The summed E-state index contributed by atoms with van der Waals surface area (Å²) in [4.78, 5) is 33.9. The summed E-state index contributed by atoms with van der Waals surface area (Å²) in [6, 6.07) is 8.62. The smallest absolute Gasteiger partial charge is 0.338 e. The summed E-state index contributed by atoms with van der Waals surface area (Å²) < 4.78 is 15.3. The van der Waals surface area contributed by atoms with Crippen LogP contribution in [-0.2, 0) is 9.53 Å². The number of carbonyl (C=O) groups is 1. The Morgan fingerprint density at radius 1 is 1.16 bits per heavy atom. The number of halogens is 1. The molecule has 1 aliphatic heterocycles. The van der Waals surface area contributed by atoms with Crippen molar-refractivity contribution in [2.24, 2.45) is 4.99 Å². The van der Waals surface area contributed by atoms with Crippen LogP contribution in [0.5, 0.6) is 5.75 Å². The predicted octanol–water partition coefficient (Wildman–Crippen LogP) is 5.81. The number of fused-ring (bicyclic) bond motifs is 1. The average molecular weight is 635 g/mol. The van der Waals surface area contributed by atoms with Crippen LogP contribution in [0, 0.1) is 39.0 Å². The lowest BCUT2D eigenvalue weighted by molar-refractivity contribution is -0.143. The molecule has 4 aromatic rings. The van der Waals surface area contributed by atoms with E-state index in [-0.39, 0.29) is 17.2 Å². The van der Waals surface area contributed by atoms with Crippen molar-refractivity contribution in [3.05, 3.63) is 98.8 Å². The Kier molecular flexibility index (Phi) is 8.27. The summed E-state index contributed by atoms with van der Waals surface area (Å²) in [5.74, 6) is -0.0807. The second kappa shape index (κ2) is 11.6. The lowest BCUT2D eigenvalue weighted by atomic mass is 9.95. The number of thiophene rings is 1. The van der Waals surface area contributed by atoms with E-state index in [4.69, 9.17) is 21.1 Å². The quantitative estimate of drug-likeness (QED) is 0.250. The monoisotopic (exact) mass is 634 g/mol. The van der Waals surface area contributed by atoms with Crippen LogP contribution in [-0.4, -0.2) is 28.3 Å². The number of thiazole rings is 1. The van der Waals surface area contributed by atoms with Crippen molar-refractivity contribution >= 4 is 46.3 Å². The Morgan fingerprint density at radius 2 is 1.88 bits per heavy atom. The first-order chi connectivity index (χ1) is 20.4. The number of esters is 1. The van der Waals surface area contributed by atoms with Crippen molar-refractivity contribution < 1.29 is 14.3 Å². The lowest BCUT2D eigenvalue weighted by Gasteiger charge is -2.26. The zero-order valence-electron chi connectivity index (χ0n) is 25.2. The maximum Gasteiger partial charge on any atom is 0.338 e. The van der Waals surface area contributed by atoms with E-state index >= 15 is 0 Å². The summed E-state index contributed by atoms with van der Waals surface area (Å²) in [7, 11) is 1.53. The first kappa shape index (κ1) is 30.5. The Morgan fingerprint density at radius 3 is 2.53 bits per heavy atom. The van der Waals surface area contributed by atoms with Gasteiger partial charge in [0.05, 0.1) is 34.6 Å². The molecular weight excluding hydrogens is 604 g/mol. The molecule has 0 spiro atoms. The number of allylic oxidation sites excluding steroid dienone is 1. The third-order valence-electron chi connectivity index (χ3n) is 7.51. The molecule has 0 unspecified atom stereocenters. The minimum atomic E-state index is -0.860. The molecular formula is C32H31ClN4O4S2. The van der Waals surface area contributed by atoms with Gasteiger partial charge in [0.2, 0.25) is 0 Å². The first-order valence-corrected chi connectivity index (χ1v) is 15.6. The fourth-order valence-corrected chi connectivity index (χ4v) is 7.80. The number of benzene rings is 1. The van der Waals surface area contributed by atoms with Crippen molar-refractivity contribution in [1.29, 1.82) is 5.26 Å². The van der Waals surface area contributed by atoms with E-state index in [0.717, 1.165) is 32.4 Å². The fourth-order valence-electron chi connectivity index (χ4n) is 5.36. The van der Waals surface area contributed by atoms with Crippen molar-refractivity contribution in [2.75, 3.05) is 7.11 Å². The fraction of sp³-hybridized carbons (Fsp3) is 0.312. The second-order valence-electron chi connectivity index (χ2n) is 10.7. The van der Waals surface area contributed by atoms with Gasteiger partial charge < -0.3 is 14.0 Å². The van der Waals surface area contributed by atoms with Gasteiger partial charge in [0.25, 0.3) is 5.56 Å². The van der Waals surface area contributed by atoms with Gasteiger partial charge >= 0.3 is 5.97 Å². The number of aromatic nitrogens is 2. The van der Waals surface area contributed by atoms with Crippen LogP contribution < -0.4 is 19.6 Å². The SMILES string of the molecule is COc1ccc(Cl)cc1[C@@H]1C(C(=O)OC(C)C)=C(C)N=c2s/c(=C\c3cc(C)n(-c4sc(C)c(C)c4C#N)c3C)c(=O)n21. The van der Waals surface area contributed by atoms with Crippen molar-refractivity contribution in [1.82, 2.24) is 9.13 Å². The Hall–Kier alpha value is -3.91. The number of hydrogen-bond donors (Lipinski definition) is 0. The van der Waals surface area contributed by atoms with Crippen LogP contribution in [0.1, 0.15) is 65.3 Å². The van der Waals surface area contributed by atoms with Gasteiger partial charge in [-0.2, -0.15) is 5.26 Å². The minimum Gasteiger partial charge on any atom is -0.496 e. The number of aryl methyl sites for hydroxylation is 2. The minimum absolute atomic E-state index is 0.249.